The van der Waals surface area contributed by atoms with Gasteiger partial charge in [0.25, 0.3) is 6.54 Å². The van der Waals surface area contributed by atoms with Gasteiger partial charge in [-0.1, -0.05) is 39.0 Å². The number of rotatable bonds is 9. The van der Waals surface area contributed by atoms with Gasteiger partial charge < -0.3 is 2.85 Å². The number of ketones is 1. The van der Waals surface area contributed by atoms with E-state index in [1.165, 1.54) is 19.3 Å². The largest absolute Gasteiger partial charge is 2.00 e. The topological polar surface area (TPSA) is 60.2 Å². The Morgan fingerprint density at radius 1 is 1.20 bits per heavy atom. The molecule has 0 heterocycles. The Kier molecular flexibility index (Phi) is 14.6. The van der Waals surface area contributed by atoms with Crippen LogP contribution in [0.15, 0.2) is 0 Å². The van der Waals surface area contributed by atoms with Crippen molar-refractivity contribution in [2.24, 2.45) is 0 Å². The van der Waals surface area contributed by atoms with Crippen molar-refractivity contribution in [1.82, 2.24) is 0 Å². The van der Waals surface area contributed by atoms with Gasteiger partial charge >= 0.3 is 37.7 Å². The van der Waals surface area contributed by atoms with Crippen molar-refractivity contribution in [3.63, 3.8) is 0 Å². The number of nitrogens with zero attached hydrogens (tertiary/aromatic N) is 1. The standard InChI is InChI=1S/C10H19NO3.Ca.2H/c1-2-3-4-5-6-7-8-10(12)9-11(13)14;;;/h2-9H2,1H3;;;/q;+2;2*-1. The van der Waals surface area contributed by atoms with E-state index in [4.69, 9.17) is 0 Å². The van der Waals surface area contributed by atoms with Crippen LogP contribution in [0.2, 0.25) is 0 Å². The number of carbonyl (C=O) groups is 1. The van der Waals surface area contributed by atoms with Crippen molar-refractivity contribution in [3.05, 3.63) is 10.1 Å². The summed E-state index contributed by atoms with van der Waals surface area (Å²) in [5, 5.41) is 9.97. The molecule has 0 atom stereocenters. The number of nitro groups is 1. The molecule has 0 N–H and O–H groups in total. The Hall–Kier alpha value is 0.330. The minimum Gasteiger partial charge on any atom is -1.00 e. The molecule has 5 heteroatoms. The Labute approximate surface area is 124 Å². The van der Waals surface area contributed by atoms with Gasteiger partial charge in [0.1, 0.15) is 0 Å². The van der Waals surface area contributed by atoms with Gasteiger partial charge in [-0.25, -0.2) is 0 Å². The summed E-state index contributed by atoms with van der Waals surface area (Å²) >= 11 is 0. The van der Waals surface area contributed by atoms with E-state index in [0.29, 0.717) is 6.42 Å². The van der Waals surface area contributed by atoms with Crippen LogP contribution in [0.25, 0.3) is 0 Å². The van der Waals surface area contributed by atoms with Gasteiger partial charge in [-0.15, -0.1) is 0 Å². The first-order valence-corrected chi connectivity index (χ1v) is 5.30. The fourth-order valence-corrected chi connectivity index (χ4v) is 1.33. The van der Waals surface area contributed by atoms with Gasteiger partial charge in [-0.05, 0) is 6.42 Å². The van der Waals surface area contributed by atoms with E-state index in [1.54, 1.807) is 0 Å². The van der Waals surface area contributed by atoms with Crippen LogP contribution in [-0.2, 0) is 4.79 Å². The molecule has 0 aromatic rings. The van der Waals surface area contributed by atoms with E-state index in [9.17, 15) is 14.9 Å². The Balaban J connectivity index is -0.000000282. The molecule has 4 nitrogen and oxygen atoms in total. The van der Waals surface area contributed by atoms with Crippen molar-refractivity contribution in [2.45, 2.75) is 51.9 Å². The van der Waals surface area contributed by atoms with Gasteiger partial charge in [0.05, 0.1) is 0 Å². The predicted octanol–water partition coefficient (Wildman–Crippen LogP) is 2.43. The molecule has 0 aliphatic carbocycles. The first kappa shape index (κ1) is 17.7. The Bertz CT molecular complexity index is 194. The Morgan fingerprint density at radius 3 is 2.27 bits per heavy atom. The number of unbranched alkanes of at least 4 members (excludes halogenated alkanes) is 5. The number of hydrogen-bond acceptors (Lipinski definition) is 3. The van der Waals surface area contributed by atoms with Crippen molar-refractivity contribution in [2.75, 3.05) is 6.54 Å². The van der Waals surface area contributed by atoms with E-state index < -0.39 is 11.5 Å². The van der Waals surface area contributed by atoms with Gasteiger partial charge in [0, 0.05) is 11.3 Å². The molecule has 0 amide bonds. The summed E-state index contributed by atoms with van der Waals surface area (Å²) in [6, 6.07) is 0. The zero-order valence-corrected chi connectivity index (χ0v) is 11.7. The molecule has 0 saturated carbocycles. The van der Waals surface area contributed by atoms with Gasteiger partial charge in [0.2, 0.25) is 5.78 Å². The second-order valence-corrected chi connectivity index (χ2v) is 3.55. The molecule has 0 radical (unpaired) electrons. The molecule has 0 spiro atoms. The van der Waals surface area contributed by atoms with E-state index in [2.05, 4.69) is 6.92 Å². The Morgan fingerprint density at radius 2 is 1.73 bits per heavy atom. The van der Waals surface area contributed by atoms with Crippen LogP contribution in [0.1, 0.15) is 54.7 Å². The van der Waals surface area contributed by atoms with Crippen LogP contribution in [0.3, 0.4) is 0 Å². The minimum absolute atomic E-state index is 0. The molecule has 0 aromatic carbocycles. The predicted molar refractivity (Wildman–Crippen MR) is 62.8 cm³/mol. The van der Waals surface area contributed by atoms with Crippen molar-refractivity contribution >= 4 is 43.5 Å². The molecule has 0 aliphatic rings. The second kappa shape index (κ2) is 12.4. The van der Waals surface area contributed by atoms with Crippen LogP contribution in [0, 0.1) is 10.1 Å². The van der Waals surface area contributed by atoms with Crippen molar-refractivity contribution in [1.29, 1.82) is 0 Å². The molecule has 0 unspecified atom stereocenters. The smallest absolute Gasteiger partial charge is 1.00 e. The third kappa shape index (κ3) is 14.3. The zero-order chi connectivity index (χ0) is 10.8. The van der Waals surface area contributed by atoms with Crippen molar-refractivity contribution in [3.8, 4) is 0 Å². The summed E-state index contributed by atoms with van der Waals surface area (Å²) in [5.74, 6) is -0.245. The quantitative estimate of drug-likeness (QED) is 0.270. The third-order valence-corrected chi connectivity index (χ3v) is 2.11. The van der Waals surface area contributed by atoms with E-state index in [1.807, 2.05) is 0 Å². The molecule has 0 fully saturated rings. The monoisotopic (exact) mass is 243 g/mol. The number of hydrogen-bond donors (Lipinski definition) is 0. The third-order valence-electron chi connectivity index (χ3n) is 2.11. The number of Topliss-reactive ketones (excluding diaryl/α,β-unsaturated/α-hetero) is 1. The van der Waals surface area contributed by atoms with Crippen LogP contribution < -0.4 is 0 Å². The summed E-state index contributed by atoms with van der Waals surface area (Å²) in [6.45, 7) is 1.65. The van der Waals surface area contributed by atoms with Gasteiger partial charge in [-0.2, -0.15) is 0 Å². The van der Waals surface area contributed by atoms with Gasteiger partial charge in [-0.3, -0.25) is 14.9 Å². The minimum atomic E-state index is -0.556. The van der Waals surface area contributed by atoms with Crippen molar-refractivity contribution < 1.29 is 12.6 Å². The van der Waals surface area contributed by atoms with Gasteiger partial charge in [0.15, 0.2) is 0 Å². The number of carbonyl (C=O) groups excluding carboxylic acids is 1. The first-order chi connectivity index (χ1) is 6.66. The normalized spacial score (nSPS) is 9.40. The molecular weight excluding hydrogens is 222 g/mol. The van der Waals surface area contributed by atoms with Crippen LogP contribution in [0.4, 0.5) is 0 Å². The average molecular weight is 243 g/mol. The average Bonchev–Trinajstić information content (AvgIpc) is 2.10. The maximum atomic E-state index is 10.9. The van der Waals surface area contributed by atoms with Crippen LogP contribution >= 0.6 is 0 Å². The first-order valence-electron chi connectivity index (χ1n) is 5.30. The fraction of sp³-hybridized carbons (Fsp3) is 0.900. The van der Waals surface area contributed by atoms with E-state index >= 15 is 0 Å². The summed E-state index contributed by atoms with van der Waals surface area (Å²) in [7, 11) is 0. The molecule has 0 rings (SSSR count). The molecule has 86 valence electrons. The molecular formula is C10H21CaNO3. The SMILES string of the molecule is CCCCCCCCC(=O)C[N+](=O)[O-].[Ca+2].[H-].[H-]. The second-order valence-electron chi connectivity index (χ2n) is 3.55. The van der Waals surface area contributed by atoms with E-state index in [0.717, 1.165) is 19.3 Å². The zero-order valence-electron chi connectivity index (χ0n) is 11.5. The summed E-state index contributed by atoms with van der Waals surface area (Å²) in [5.41, 5.74) is 0. The van der Waals surface area contributed by atoms with Crippen LogP contribution in [0.5, 0.6) is 0 Å². The van der Waals surface area contributed by atoms with Crippen LogP contribution in [-0.4, -0.2) is 55.0 Å². The summed E-state index contributed by atoms with van der Waals surface area (Å²) in [4.78, 5) is 20.3. The molecule has 0 saturated heterocycles. The molecule has 0 aliphatic heterocycles. The molecule has 0 bridgehead atoms. The molecule has 0 aromatic heterocycles. The molecule has 15 heavy (non-hydrogen) atoms. The maximum Gasteiger partial charge on any atom is 2.00 e. The maximum absolute atomic E-state index is 10.9. The fourth-order valence-electron chi connectivity index (χ4n) is 1.33. The summed E-state index contributed by atoms with van der Waals surface area (Å²) in [6.07, 6.45) is 6.98. The van der Waals surface area contributed by atoms with E-state index in [-0.39, 0.29) is 46.4 Å². The summed E-state index contributed by atoms with van der Waals surface area (Å²) < 4.78 is 0.